The lowest BCUT2D eigenvalue weighted by molar-refractivity contribution is -0.0764. The van der Waals surface area contributed by atoms with Gasteiger partial charge in [-0.3, -0.25) is 14.4 Å². The van der Waals surface area contributed by atoms with Gasteiger partial charge in [0.05, 0.1) is 22.9 Å². The Hall–Kier alpha value is -1.77. The van der Waals surface area contributed by atoms with Crippen molar-refractivity contribution >= 4 is 17.2 Å². The topological polar surface area (TPSA) is 72.3 Å². The second-order valence-electron chi connectivity index (χ2n) is 8.08. The van der Waals surface area contributed by atoms with E-state index in [1.54, 1.807) is 5.38 Å². The van der Waals surface area contributed by atoms with Gasteiger partial charge in [0.1, 0.15) is 5.69 Å². The van der Waals surface area contributed by atoms with E-state index in [1.165, 1.54) is 22.6 Å². The fourth-order valence-electron chi connectivity index (χ4n) is 4.23. The molecule has 8 heteroatoms. The summed E-state index contributed by atoms with van der Waals surface area (Å²) < 4.78 is 8.37. The Morgan fingerprint density at radius 3 is 2.79 bits per heavy atom. The van der Waals surface area contributed by atoms with Crippen LogP contribution in [0.15, 0.2) is 11.6 Å². The van der Waals surface area contributed by atoms with Crippen LogP contribution < -0.4 is 5.32 Å². The number of hydrogen-bond acceptors (Lipinski definition) is 6. The van der Waals surface area contributed by atoms with Crippen LogP contribution >= 0.6 is 11.3 Å². The van der Waals surface area contributed by atoms with E-state index < -0.39 is 0 Å². The number of hydrogen-bond donors (Lipinski definition) is 1. The zero-order chi connectivity index (χ0) is 19.7. The summed E-state index contributed by atoms with van der Waals surface area (Å²) in [6.07, 6.45) is 6.30. The highest BCUT2D eigenvalue weighted by molar-refractivity contribution is 7.09. The number of ether oxygens (including phenoxy) is 1. The standard InChI is InChI=1S/C20H29N5O2S/c1-14-16(10-22-24(14)3)12-25-8-6-20(7-9-25)5-4-17(27-20)11-21-19(26)18-13-28-15(2)23-18/h10,13,17H,4-9,11-12H2,1-3H3,(H,21,26). The smallest absolute Gasteiger partial charge is 0.270 e. The summed E-state index contributed by atoms with van der Waals surface area (Å²) >= 11 is 1.50. The molecule has 1 atom stereocenters. The Morgan fingerprint density at radius 1 is 1.36 bits per heavy atom. The van der Waals surface area contributed by atoms with E-state index in [2.05, 4.69) is 27.2 Å². The first-order valence-electron chi connectivity index (χ1n) is 10.0. The van der Waals surface area contributed by atoms with Gasteiger partial charge in [-0.25, -0.2) is 4.98 Å². The lowest BCUT2D eigenvalue weighted by Gasteiger charge is -2.39. The van der Waals surface area contributed by atoms with Crippen LogP contribution in [0.2, 0.25) is 0 Å². The number of carbonyl (C=O) groups excluding carboxylic acids is 1. The van der Waals surface area contributed by atoms with Crippen molar-refractivity contribution in [2.24, 2.45) is 7.05 Å². The predicted octanol–water partition coefficient (Wildman–Crippen LogP) is 2.44. The highest BCUT2D eigenvalue weighted by Crippen LogP contribution is 2.39. The molecule has 2 aromatic rings. The van der Waals surface area contributed by atoms with Crippen LogP contribution in [-0.4, -0.2) is 56.9 Å². The summed E-state index contributed by atoms with van der Waals surface area (Å²) in [7, 11) is 1.99. The number of thiazole rings is 1. The summed E-state index contributed by atoms with van der Waals surface area (Å²) in [5.74, 6) is -0.101. The summed E-state index contributed by atoms with van der Waals surface area (Å²) in [5, 5.41) is 10.1. The van der Waals surface area contributed by atoms with Crippen LogP contribution in [0.1, 0.15) is 52.4 Å². The summed E-state index contributed by atoms with van der Waals surface area (Å²) in [4.78, 5) is 18.9. The molecular weight excluding hydrogens is 374 g/mol. The van der Waals surface area contributed by atoms with E-state index in [1.807, 2.05) is 24.9 Å². The van der Waals surface area contributed by atoms with E-state index >= 15 is 0 Å². The maximum Gasteiger partial charge on any atom is 0.270 e. The number of likely N-dealkylation sites (tertiary alicyclic amines) is 1. The first-order valence-corrected chi connectivity index (χ1v) is 10.9. The van der Waals surface area contributed by atoms with Crippen molar-refractivity contribution < 1.29 is 9.53 Å². The summed E-state index contributed by atoms with van der Waals surface area (Å²) in [6, 6.07) is 0. The van der Waals surface area contributed by atoms with Crippen LogP contribution in [-0.2, 0) is 18.3 Å². The molecule has 1 unspecified atom stereocenters. The van der Waals surface area contributed by atoms with Gasteiger partial charge >= 0.3 is 0 Å². The fourth-order valence-corrected chi connectivity index (χ4v) is 4.82. The molecule has 4 heterocycles. The molecule has 2 fully saturated rings. The lowest BCUT2D eigenvalue weighted by atomic mass is 9.88. The zero-order valence-electron chi connectivity index (χ0n) is 16.9. The number of nitrogens with zero attached hydrogens (tertiary/aromatic N) is 4. The molecule has 0 aliphatic carbocycles. The molecule has 2 aliphatic rings. The normalized spacial score (nSPS) is 22.0. The highest BCUT2D eigenvalue weighted by atomic mass is 32.1. The molecule has 2 aliphatic heterocycles. The van der Waals surface area contributed by atoms with Gasteiger partial charge in [-0.15, -0.1) is 11.3 Å². The summed E-state index contributed by atoms with van der Waals surface area (Å²) in [6.45, 7) is 7.65. The van der Waals surface area contributed by atoms with Crippen molar-refractivity contribution in [2.75, 3.05) is 19.6 Å². The molecule has 1 spiro atoms. The SMILES string of the molecule is Cc1nc(C(=O)NCC2CCC3(CCN(Cc4cnn(C)c4C)CC3)O2)cs1. The molecule has 4 rings (SSSR count). The van der Waals surface area contributed by atoms with E-state index in [0.717, 1.165) is 50.3 Å². The maximum atomic E-state index is 12.2. The molecule has 7 nitrogen and oxygen atoms in total. The van der Waals surface area contributed by atoms with Gasteiger partial charge in [0.2, 0.25) is 0 Å². The minimum Gasteiger partial charge on any atom is -0.370 e. The molecule has 152 valence electrons. The molecule has 0 aromatic carbocycles. The number of aryl methyl sites for hydroxylation is 2. The average molecular weight is 404 g/mol. The third-order valence-corrected chi connectivity index (χ3v) is 6.95. The molecule has 1 amide bonds. The Kier molecular flexibility index (Phi) is 5.53. The van der Waals surface area contributed by atoms with Crippen LogP contribution in [0, 0.1) is 13.8 Å². The van der Waals surface area contributed by atoms with Crippen LogP contribution in [0.5, 0.6) is 0 Å². The van der Waals surface area contributed by atoms with E-state index in [0.29, 0.717) is 12.2 Å². The minimum atomic E-state index is -0.101. The quantitative estimate of drug-likeness (QED) is 0.830. The largest absolute Gasteiger partial charge is 0.370 e. The van der Waals surface area contributed by atoms with Crippen molar-refractivity contribution in [1.29, 1.82) is 0 Å². The molecule has 2 aromatic heterocycles. The van der Waals surface area contributed by atoms with Crippen LogP contribution in [0.25, 0.3) is 0 Å². The van der Waals surface area contributed by atoms with Crippen molar-refractivity contribution in [3.8, 4) is 0 Å². The van der Waals surface area contributed by atoms with Crippen molar-refractivity contribution in [3.05, 3.63) is 33.5 Å². The predicted molar refractivity (Wildman–Crippen MR) is 108 cm³/mol. The molecular formula is C20H29N5O2S. The van der Waals surface area contributed by atoms with E-state index in [9.17, 15) is 4.79 Å². The van der Waals surface area contributed by atoms with Gasteiger partial charge in [0.25, 0.3) is 5.91 Å². The first kappa shape index (κ1) is 19.5. The van der Waals surface area contributed by atoms with Gasteiger partial charge in [-0.2, -0.15) is 5.10 Å². The van der Waals surface area contributed by atoms with Crippen LogP contribution in [0.4, 0.5) is 0 Å². The number of amides is 1. The molecule has 28 heavy (non-hydrogen) atoms. The molecule has 0 radical (unpaired) electrons. The monoisotopic (exact) mass is 403 g/mol. The van der Waals surface area contributed by atoms with E-state index in [-0.39, 0.29) is 17.6 Å². The molecule has 2 saturated heterocycles. The number of piperidine rings is 1. The van der Waals surface area contributed by atoms with E-state index in [4.69, 9.17) is 4.74 Å². The van der Waals surface area contributed by atoms with Gasteiger partial charge in [0, 0.05) is 49.9 Å². The van der Waals surface area contributed by atoms with Gasteiger partial charge in [-0.05, 0) is 39.5 Å². The zero-order valence-corrected chi connectivity index (χ0v) is 17.7. The second-order valence-corrected chi connectivity index (χ2v) is 9.14. The number of rotatable bonds is 5. The molecule has 0 saturated carbocycles. The van der Waals surface area contributed by atoms with Gasteiger partial charge in [0.15, 0.2) is 0 Å². The van der Waals surface area contributed by atoms with Crippen molar-refractivity contribution in [2.45, 2.75) is 57.8 Å². The second kappa shape index (κ2) is 7.93. The molecule has 0 bridgehead atoms. The first-order chi connectivity index (χ1) is 13.4. The lowest BCUT2D eigenvalue weighted by Crippen LogP contribution is -2.45. The minimum absolute atomic E-state index is 0.00685. The van der Waals surface area contributed by atoms with Crippen molar-refractivity contribution in [3.63, 3.8) is 0 Å². The van der Waals surface area contributed by atoms with Crippen LogP contribution in [0.3, 0.4) is 0 Å². The Labute approximate surface area is 170 Å². The number of carbonyl (C=O) groups is 1. The Balaban J connectivity index is 1.24. The maximum absolute atomic E-state index is 12.2. The third-order valence-electron chi connectivity index (χ3n) is 6.18. The Morgan fingerprint density at radius 2 is 2.14 bits per heavy atom. The van der Waals surface area contributed by atoms with Crippen molar-refractivity contribution in [1.82, 2.24) is 25.0 Å². The third kappa shape index (κ3) is 4.14. The number of nitrogens with one attached hydrogen (secondary N) is 1. The highest BCUT2D eigenvalue weighted by Gasteiger charge is 2.42. The number of aromatic nitrogens is 3. The fraction of sp³-hybridized carbons (Fsp3) is 0.650. The van der Waals surface area contributed by atoms with Gasteiger partial charge < -0.3 is 10.1 Å². The average Bonchev–Trinajstić information content (AvgIpc) is 3.38. The Bertz CT molecular complexity index is 838. The van der Waals surface area contributed by atoms with Gasteiger partial charge in [-0.1, -0.05) is 0 Å². The molecule has 1 N–H and O–H groups in total. The summed E-state index contributed by atoms with van der Waals surface area (Å²) in [5.41, 5.74) is 3.05.